The van der Waals surface area contributed by atoms with E-state index in [1.165, 1.54) is 17.0 Å². The maximum absolute atomic E-state index is 5.59. The molecule has 1 aromatic heterocycles. The molecule has 1 N–H and O–H groups in total. The molecule has 2 aromatic rings. The van der Waals surface area contributed by atoms with Gasteiger partial charge >= 0.3 is 0 Å². The quantitative estimate of drug-likeness (QED) is 0.515. The zero-order valence-electron chi connectivity index (χ0n) is 16.7. The summed E-state index contributed by atoms with van der Waals surface area (Å²) >= 11 is 4.24. The first kappa shape index (κ1) is 22.9. The number of nitrogens with zero attached hydrogens (tertiary/aromatic N) is 3. The summed E-state index contributed by atoms with van der Waals surface area (Å²) in [7, 11) is 2.19. The van der Waals surface area contributed by atoms with Crippen molar-refractivity contribution in [1.82, 2.24) is 19.8 Å². The van der Waals surface area contributed by atoms with Gasteiger partial charge in [-0.3, -0.25) is 4.90 Å². The average molecular weight is 596 g/mol. The number of fused-ring (bicyclic) bond motifs is 1. The van der Waals surface area contributed by atoms with Crippen molar-refractivity contribution in [2.75, 3.05) is 39.8 Å². The third kappa shape index (κ3) is 6.04. The van der Waals surface area contributed by atoms with Gasteiger partial charge in [0.25, 0.3) is 0 Å². The number of ether oxygens (including phenoxy) is 1. The lowest BCUT2D eigenvalue weighted by Gasteiger charge is -2.31. The van der Waals surface area contributed by atoms with E-state index >= 15 is 0 Å². The van der Waals surface area contributed by atoms with Crippen molar-refractivity contribution in [3.05, 3.63) is 35.2 Å². The first-order valence-electron chi connectivity index (χ1n) is 9.56. The predicted octanol–water partition coefficient (Wildman–Crippen LogP) is 4.87. The number of nitrogens with one attached hydrogen (secondary N) is 1. The van der Waals surface area contributed by atoms with E-state index in [1.54, 1.807) is 0 Å². The number of likely N-dealkylation sites (N-methyl/N-ethyl adjacent to an activating group) is 1. The topological polar surface area (TPSA) is 44.4 Å². The van der Waals surface area contributed by atoms with Crippen LogP contribution in [0.15, 0.2) is 18.2 Å². The molecule has 2 aliphatic heterocycles. The number of benzene rings is 1. The second-order valence-electron chi connectivity index (χ2n) is 6.66. The molecule has 0 unspecified atom stereocenters. The first-order valence-corrected chi connectivity index (χ1v) is 15.8. The number of rotatable bonds is 3. The van der Waals surface area contributed by atoms with E-state index in [1.807, 2.05) is 13.8 Å². The van der Waals surface area contributed by atoms with Crippen LogP contribution in [0.4, 0.5) is 0 Å². The number of aromatic nitrogens is 2. The van der Waals surface area contributed by atoms with Gasteiger partial charge < -0.3 is 14.6 Å². The molecule has 27 heavy (non-hydrogen) atoms. The average Bonchev–Trinajstić information content (AvgIpc) is 3.33. The standard InChI is InChI=1S/C18H24N4O.C2H6.I2/c1-13-16(12-22-8-6-21(2)7-9-22)20-18(19-13)15-3-4-17-14(11-15)5-10-23-17;2*1-2/h3-4,11H,5-10,12H2,1-2H3,(H,19,20);1-2H3;. The van der Waals surface area contributed by atoms with Crippen molar-refractivity contribution in [3.63, 3.8) is 0 Å². The molecule has 1 aromatic carbocycles. The van der Waals surface area contributed by atoms with Crippen LogP contribution in [-0.2, 0) is 13.0 Å². The molecule has 0 spiro atoms. The number of halogens is 2. The van der Waals surface area contributed by atoms with E-state index in [2.05, 4.69) is 84.2 Å². The fraction of sp³-hybridized carbons (Fsp3) is 0.550. The Hall–Kier alpha value is -0.390. The molecule has 0 amide bonds. The molecule has 4 rings (SSSR count). The number of imidazole rings is 1. The normalized spacial score (nSPS) is 16.5. The number of hydrogen-bond donors (Lipinski definition) is 1. The van der Waals surface area contributed by atoms with Gasteiger partial charge in [-0.1, -0.05) is 13.8 Å². The fourth-order valence-electron chi connectivity index (χ4n) is 3.34. The van der Waals surface area contributed by atoms with E-state index in [9.17, 15) is 0 Å². The second-order valence-corrected chi connectivity index (χ2v) is 6.66. The summed E-state index contributed by atoms with van der Waals surface area (Å²) in [4.78, 5) is 13.2. The van der Waals surface area contributed by atoms with Crippen molar-refractivity contribution < 1.29 is 4.74 Å². The zero-order valence-corrected chi connectivity index (χ0v) is 21.0. The van der Waals surface area contributed by atoms with Crippen LogP contribution in [-0.4, -0.2) is 59.6 Å². The summed E-state index contributed by atoms with van der Waals surface area (Å²) < 4.78 is 5.59. The molecule has 2 aliphatic rings. The summed E-state index contributed by atoms with van der Waals surface area (Å²) in [5.41, 5.74) is 4.79. The third-order valence-corrected chi connectivity index (χ3v) is 4.92. The lowest BCUT2D eigenvalue weighted by molar-refractivity contribution is 0.147. The summed E-state index contributed by atoms with van der Waals surface area (Å²) in [5, 5.41) is 0. The van der Waals surface area contributed by atoms with Gasteiger partial charge in [-0.05, 0) is 37.7 Å². The van der Waals surface area contributed by atoms with Crippen LogP contribution in [0.5, 0.6) is 5.75 Å². The summed E-state index contributed by atoms with van der Waals surface area (Å²) in [6.07, 6.45) is 0.997. The summed E-state index contributed by atoms with van der Waals surface area (Å²) in [6.45, 7) is 12.4. The Morgan fingerprint density at radius 3 is 2.56 bits per heavy atom. The van der Waals surface area contributed by atoms with Crippen LogP contribution in [0.3, 0.4) is 0 Å². The Bertz CT molecular complexity index is 712. The minimum Gasteiger partial charge on any atom is -0.493 e. The lowest BCUT2D eigenvalue weighted by atomic mass is 10.1. The van der Waals surface area contributed by atoms with Crippen molar-refractivity contribution in [3.8, 4) is 17.1 Å². The van der Waals surface area contributed by atoms with Crippen LogP contribution in [0.2, 0.25) is 0 Å². The molecule has 3 heterocycles. The van der Waals surface area contributed by atoms with Crippen LogP contribution in [0.1, 0.15) is 30.8 Å². The van der Waals surface area contributed by atoms with E-state index < -0.39 is 0 Å². The highest BCUT2D eigenvalue weighted by molar-refractivity contribution is 15.0. The molecule has 7 heteroatoms. The third-order valence-electron chi connectivity index (χ3n) is 4.92. The van der Waals surface area contributed by atoms with E-state index in [0.717, 1.165) is 62.9 Å². The van der Waals surface area contributed by atoms with Crippen LogP contribution in [0.25, 0.3) is 11.4 Å². The van der Waals surface area contributed by atoms with Crippen molar-refractivity contribution >= 4 is 37.2 Å². The minimum absolute atomic E-state index is 0.796. The van der Waals surface area contributed by atoms with Crippen molar-refractivity contribution in [1.29, 1.82) is 0 Å². The van der Waals surface area contributed by atoms with Gasteiger partial charge in [-0.2, -0.15) is 0 Å². The van der Waals surface area contributed by atoms with E-state index in [-0.39, 0.29) is 0 Å². The molecule has 0 radical (unpaired) electrons. The number of hydrogen-bond acceptors (Lipinski definition) is 4. The molecule has 0 aliphatic carbocycles. The Morgan fingerprint density at radius 1 is 1.15 bits per heavy atom. The fourth-order valence-corrected chi connectivity index (χ4v) is 3.34. The summed E-state index contributed by atoms with van der Waals surface area (Å²) in [5.74, 6) is 2.00. The number of piperazine rings is 1. The maximum atomic E-state index is 5.59. The molecule has 0 atom stereocenters. The molecule has 0 bridgehead atoms. The zero-order chi connectivity index (χ0) is 19.8. The maximum Gasteiger partial charge on any atom is 0.137 e. The number of aryl methyl sites for hydroxylation is 1. The molecule has 5 nitrogen and oxygen atoms in total. The largest absolute Gasteiger partial charge is 0.493 e. The summed E-state index contributed by atoms with van der Waals surface area (Å²) in [6, 6.07) is 6.37. The predicted molar refractivity (Wildman–Crippen MR) is 130 cm³/mol. The molecular weight excluding hydrogens is 566 g/mol. The van der Waals surface area contributed by atoms with Gasteiger partial charge in [0.2, 0.25) is 0 Å². The van der Waals surface area contributed by atoms with Gasteiger partial charge in [0.1, 0.15) is 11.6 Å². The highest BCUT2D eigenvalue weighted by Crippen LogP contribution is 2.29. The minimum atomic E-state index is 0.796. The van der Waals surface area contributed by atoms with Gasteiger partial charge in [0.15, 0.2) is 0 Å². The van der Waals surface area contributed by atoms with E-state index in [0.29, 0.717) is 0 Å². The van der Waals surface area contributed by atoms with Gasteiger partial charge in [-0.25, -0.2) is 4.98 Å². The van der Waals surface area contributed by atoms with Gasteiger partial charge in [-0.15, -0.1) is 0 Å². The Balaban J connectivity index is 0.000000614. The van der Waals surface area contributed by atoms with Gasteiger partial charge in [0, 0.05) is 87.6 Å². The van der Waals surface area contributed by atoms with E-state index in [4.69, 9.17) is 9.72 Å². The number of H-pyrrole nitrogens is 1. The van der Waals surface area contributed by atoms with Crippen LogP contribution in [0, 0.1) is 6.92 Å². The molecular formula is C20H30I2N4O. The molecule has 150 valence electrons. The second kappa shape index (κ2) is 11.6. The lowest BCUT2D eigenvalue weighted by Crippen LogP contribution is -2.44. The van der Waals surface area contributed by atoms with Gasteiger partial charge in [0.05, 0.1) is 12.3 Å². The first-order chi connectivity index (χ1) is 13.2. The highest BCUT2D eigenvalue weighted by atomic mass is 128. The number of aromatic amines is 1. The Morgan fingerprint density at radius 2 is 1.85 bits per heavy atom. The molecule has 1 fully saturated rings. The molecule has 1 saturated heterocycles. The SMILES string of the molecule is CC.Cc1[nH]c(-c2ccc3c(c2)CCO3)nc1CN1CCN(C)CC1.II. The highest BCUT2D eigenvalue weighted by Gasteiger charge is 2.18. The Kier molecular flexibility index (Phi) is 9.81. The smallest absolute Gasteiger partial charge is 0.137 e. The van der Waals surface area contributed by atoms with Crippen LogP contribution < -0.4 is 4.74 Å². The monoisotopic (exact) mass is 596 g/mol. The van der Waals surface area contributed by atoms with Crippen molar-refractivity contribution in [2.24, 2.45) is 0 Å². The van der Waals surface area contributed by atoms with Crippen molar-refractivity contribution in [2.45, 2.75) is 33.7 Å². The Labute approximate surface area is 186 Å². The molecule has 0 saturated carbocycles. The van der Waals surface area contributed by atoms with Crippen LogP contribution >= 0.6 is 37.2 Å².